The van der Waals surface area contributed by atoms with Crippen molar-refractivity contribution in [2.75, 3.05) is 39.4 Å². The Morgan fingerprint density at radius 1 is 1.17 bits per heavy atom. The average molecular weight is 316 g/mol. The summed E-state index contributed by atoms with van der Waals surface area (Å²) in [5, 5.41) is 0. The molecule has 2 aliphatic heterocycles. The molecule has 1 unspecified atom stereocenters. The topological polar surface area (TPSA) is 32.8 Å². The molecule has 2 saturated heterocycles. The normalized spacial score (nSPS) is 23.9. The van der Waals surface area contributed by atoms with Crippen LogP contribution >= 0.6 is 0 Å². The maximum absolute atomic E-state index is 12.6. The van der Waals surface area contributed by atoms with E-state index in [1.807, 2.05) is 4.90 Å². The molecular formula is C19H28N2O2. The second-order valence-electron chi connectivity index (χ2n) is 6.69. The lowest BCUT2D eigenvalue weighted by Crippen LogP contribution is -2.52. The lowest BCUT2D eigenvalue weighted by atomic mass is 9.89. The summed E-state index contributed by atoms with van der Waals surface area (Å²) in [6.45, 7) is 6.86. The zero-order valence-electron chi connectivity index (χ0n) is 14.1. The van der Waals surface area contributed by atoms with Crippen LogP contribution < -0.4 is 0 Å². The van der Waals surface area contributed by atoms with Crippen molar-refractivity contribution in [3.05, 3.63) is 35.9 Å². The van der Waals surface area contributed by atoms with Crippen LogP contribution in [0.25, 0.3) is 0 Å². The largest absolute Gasteiger partial charge is 0.377 e. The highest BCUT2D eigenvalue weighted by molar-refractivity contribution is 5.78. The minimum absolute atomic E-state index is 0.262. The monoisotopic (exact) mass is 316 g/mol. The van der Waals surface area contributed by atoms with E-state index in [-0.39, 0.29) is 11.9 Å². The molecule has 1 aromatic carbocycles. The van der Waals surface area contributed by atoms with Crippen LogP contribution in [-0.4, -0.2) is 61.1 Å². The second kappa shape index (κ2) is 7.93. The third-order valence-corrected chi connectivity index (χ3v) is 5.24. The van der Waals surface area contributed by atoms with Crippen LogP contribution in [0, 0.1) is 0 Å². The number of carbonyl (C=O) groups excluding carboxylic acids is 1. The third kappa shape index (κ3) is 4.12. The lowest BCUT2D eigenvalue weighted by Gasteiger charge is -2.38. The van der Waals surface area contributed by atoms with Crippen molar-refractivity contribution >= 4 is 5.91 Å². The van der Waals surface area contributed by atoms with Gasteiger partial charge in [0, 0.05) is 6.54 Å². The van der Waals surface area contributed by atoms with Gasteiger partial charge in [-0.25, -0.2) is 0 Å². The van der Waals surface area contributed by atoms with Crippen LogP contribution in [0.4, 0.5) is 0 Å². The fourth-order valence-corrected chi connectivity index (χ4v) is 3.75. The maximum Gasteiger partial charge on any atom is 0.237 e. The van der Waals surface area contributed by atoms with Crippen LogP contribution in [0.2, 0.25) is 0 Å². The predicted molar refractivity (Wildman–Crippen MR) is 91.5 cm³/mol. The summed E-state index contributed by atoms with van der Waals surface area (Å²) < 4.78 is 5.50. The Morgan fingerprint density at radius 3 is 2.61 bits per heavy atom. The van der Waals surface area contributed by atoms with Crippen molar-refractivity contribution in [1.29, 1.82) is 0 Å². The number of piperidine rings is 1. The number of nitrogens with zero attached hydrogens (tertiary/aromatic N) is 2. The number of morpholine rings is 1. The van der Waals surface area contributed by atoms with E-state index in [0.717, 1.165) is 38.9 Å². The summed E-state index contributed by atoms with van der Waals surface area (Å²) in [7, 11) is 0. The SMILES string of the molecule is CCC1COCCN1C(=O)CN1CCC(c2ccccc2)CC1. The summed E-state index contributed by atoms with van der Waals surface area (Å²) in [5.74, 6) is 0.924. The van der Waals surface area contributed by atoms with Gasteiger partial charge in [0.25, 0.3) is 0 Å². The molecule has 0 N–H and O–H groups in total. The minimum Gasteiger partial charge on any atom is -0.377 e. The molecule has 0 aromatic heterocycles. The number of amides is 1. The number of rotatable bonds is 4. The smallest absolute Gasteiger partial charge is 0.237 e. The number of benzene rings is 1. The van der Waals surface area contributed by atoms with Crippen LogP contribution in [0.3, 0.4) is 0 Å². The minimum atomic E-state index is 0.262. The van der Waals surface area contributed by atoms with Gasteiger partial charge in [0.2, 0.25) is 5.91 Å². The molecule has 0 radical (unpaired) electrons. The molecule has 2 heterocycles. The number of hydrogen-bond acceptors (Lipinski definition) is 3. The maximum atomic E-state index is 12.6. The molecule has 1 amide bonds. The fourth-order valence-electron chi connectivity index (χ4n) is 3.75. The molecule has 0 saturated carbocycles. The van der Waals surface area contributed by atoms with Crippen molar-refractivity contribution in [2.24, 2.45) is 0 Å². The van der Waals surface area contributed by atoms with Gasteiger partial charge >= 0.3 is 0 Å². The Morgan fingerprint density at radius 2 is 1.91 bits per heavy atom. The van der Waals surface area contributed by atoms with Gasteiger partial charge in [-0.05, 0) is 43.8 Å². The standard InChI is InChI=1S/C19H28N2O2/c1-2-18-15-23-13-12-21(18)19(22)14-20-10-8-17(9-11-20)16-6-4-3-5-7-16/h3-7,17-18H,2,8-15H2,1H3. The molecule has 0 bridgehead atoms. The van der Waals surface area contributed by atoms with Crippen molar-refractivity contribution in [3.63, 3.8) is 0 Å². The Balaban J connectivity index is 1.49. The van der Waals surface area contributed by atoms with Gasteiger partial charge in [-0.1, -0.05) is 37.3 Å². The first-order valence-corrected chi connectivity index (χ1v) is 8.92. The van der Waals surface area contributed by atoms with Crippen molar-refractivity contribution in [3.8, 4) is 0 Å². The summed E-state index contributed by atoms with van der Waals surface area (Å²) >= 11 is 0. The van der Waals surface area contributed by atoms with E-state index >= 15 is 0 Å². The molecule has 1 atom stereocenters. The molecule has 2 fully saturated rings. The van der Waals surface area contributed by atoms with E-state index in [1.54, 1.807) is 0 Å². The number of likely N-dealkylation sites (tertiary alicyclic amines) is 1. The zero-order valence-corrected chi connectivity index (χ0v) is 14.1. The first-order valence-electron chi connectivity index (χ1n) is 8.92. The molecule has 2 aliphatic rings. The predicted octanol–water partition coefficient (Wildman–Crippen LogP) is 2.50. The highest BCUT2D eigenvalue weighted by Crippen LogP contribution is 2.27. The van der Waals surface area contributed by atoms with Gasteiger partial charge in [-0.3, -0.25) is 9.69 Å². The van der Waals surface area contributed by atoms with E-state index < -0.39 is 0 Å². The lowest BCUT2D eigenvalue weighted by molar-refractivity contribution is -0.141. The third-order valence-electron chi connectivity index (χ3n) is 5.24. The van der Waals surface area contributed by atoms with E-state index in [4.69, 9.17) is 4.74 Å². The molecule has 0 spiro atoms. The van der Waals surface area contributed by atoms with E-state index in [0.29, 0.717) is 25.7 Å². The molecule has 4 nitrogen and oxygen atoms in total. The Kier molecular flexibility index (Phi) is 5.68. The van der Waals surface area contributed by atoms with E-state index in [1.165, 1.54) is 5.56 Å². The first-order chi connectivity index (χ1) is 11.3. The van der Waals surface area contributed by atoms with Crippen LogP contribution in [-0.2, 0) is 9.53 Å². The fraction of sp³-hybridized carbons (Fsp3) is 0.632. The first kappa shape index (κ1) is 16.5. The quantitative estimate of drug-likeness (QED) is 0.855. The van der Waals surface area contributed by atoms with Gasteiger partial charge in [0.05, 0.1) is 25.8 Å². The average Bonchev–Trinajstić information content (AvgIpc) is 2.63. The van der Waals surface area contributed by atoms with Gasteiger partial charge in [0.1, 0.15) is 0 Å². The highest BCUT2D eigenvalue weighted by Gasteiger charge is 2.28. The molecular weight excluding hydrogens is 288 g/mol. The van der Waals surface area contributed by atoms with Crippen LogP contribution in [0.5, 0.6) is 0 Å². The van der Waals surface area contributed by atoms with Gasteiger partial charge in [0.15, 0.2) is 0 Å². The van der Waals surface area contributed by atoms with Gasteiger partial charge < -0.3 is 9.64 Å². The van der Waals surface area contributed by atoms with Crippen LogP contribution in [0.1, 0.15) is 37.7 Å². The molecule has 4 heteroatoms. The summed E-state index contributed by atoms with van der Waals surface area (Å²) in [6.07, 6.45) is 3.27. The van der Waals surface area contributed by atoms with Crippen molar-refractivity contribution in [1.82, 2.24) is 9.80 Å². The number of ether oxygens (including phenoxy) is 1. The summed E-state index contributed by atoms with van der Waals surface area (Å²) in [4.78, 5) is 17.0. The Hall–Kier alpha value is -1.39. The van der Waals surface area contributed by atoms with Crippen molar-refractivity contribution in [2.45, 2.75) is 38.1 Å². The number of carbonyl (C=O) groups is 1. The van der Waals surface area contributed by atoms with E-state index in [9.17, 15) is 4.79 Å². The molecule has 3 rings (SSSR count). The summed E-state index contributed by atoms with van der Waals surface area (Å²) in [5.41, 5.74) is 1.44. The zero-order chi connectivity index (χ0) is 16.1. The Bertz CT molecular complexity index is 497. The summed E-state index contributed by atoms with van der Waals surface area (Å²) in [6, 6.07) is 11.0. The van der Waals surface area contributed by atoms with E-state index in [2.05, 4.69) is 42.2 Å². The highest BCUT2D eigenvalue weighted by atomic mass is 16.5. The Labute approximate surface area is 139 Å². The number of hydrogen-bond donors (Lipinski definition) is 0. The van der Waals surface area contributed by atoms with Gasteiger partial charge in [-0.15, -0.1) is 0 Å². The second-order valence-corrected chi connectivity index (χ2v) is 6.69. The van der Waals surface area contributed by atoms with Crippen LogP contribution in [0.15, 0.2) is 30.3 Å². The molecule has 0 aliphatic carbocycles. The molecule has 126 valence electrons. The molecule has 23 heavy (non-hydrogen) atoms. The van der Waals surface area contributed by atoms with Gasteiger partial charge in [-0.2, -0.15) is 0 Å². The van der Waals surface area contributed by atoms with Crippen molar-refractivity contribution < 1.29 is 9.53 Å². The molecule has 1 aromatic rings.